The Morgan fingerprint density at radius 2 is 2.40 bits per heavy atom. The molecule has 1 aliphatic rings. The fourth-order valence-corrected chi connectivity index (χ4v) is 1.65. The number of carbonyl (C=O) groups excluding carboxylic acids is 1. The van der Waals surface area contributed by atoms with Gasteiger partial charge in [-0.05, 0) is 6.54 Å². The van der Waals surface area contributed by atoms with Crippen LogP contribution in [-0.2, 0) is 9.53 Å². The maximum Gasteiger partial charge on any atom is 0.227 e. The van der Waals surface area contributed by atoms with Crippen molar-refractivity contribution in [3.05, 3.63) is 0 Å². The number of rotatable bonds is 5. The van der Waals surface area contributed by atoms with Crippen LogP contribution in [0.5, 0.6) is 0 Å². The van der Waals surface area contributed by atoms with E-state index < -0.39 is 0 Å². The lowest BCUT2D eigenvalue weighted by Gasteiger charge is -2.17. The van der Waals surface area contributed by atoms with Crippen LogP contribution >= 0.6 is 0 Å². The summed E-state index contributed by atoms with van der Waals surface area (Å²) in [4.78, 5) is 11.7. The number of nitriles is 1. The Morgan fingerprint density at radius 1 is 1.60 bits per heavy atom. The highest BCUT2D eigenvalue weighted by Gasteiger charge is 2.32. The monoisotopic (exact) mass is 211 g/mol. The summed E-state index contributed by atoms with van der Waals surface area (Å²) in [5.41, 5.74) is 0. The molecule has 1 rings (SSSR count). The van der Waals surface area contributed by atoms with Gasteiger partial charge < -0.3 is 15.4 Å². The van der Waals surface area contributed by atoms with Gasteiger partial charge in [0, 0.05) is 12.6 Å². The van der Waals surface area contributed by atoms with Gasteiger partial charge >= 0.3 is 0 Å². The zero-order chi connectivity index (χ0) is 11.1. The standard InChI is InChI=1S/C10H17N3O2/c1-2-12-9-7-15-6-8(9)10(14)13-5-3-4-11/h8-9,12H,2-3,5-7H2,1H3,(H,13,14). The number of hydrogen-bond donors (Lipinski definition) is 2. The smallest absolute Gasteiger partial charge is 0.227 e. The highest BCUT2D eigenvalue weighted by Crippen LogP contribution is 2.13. The lowest BCUT2D eigenvalue weighted by Crippen LogP contribution is -2.44. The minimum absolute atomic E-state index is 0.0197. The van der Waals surface area contributed by atoms with Crippen molar-refractivity contribution in [3.63, 3.8) is 0 Å². The predicted octanol–water partition coefficient (Wildman–Crippen LogP) is -0.359. The second-order valence-electron chi connectivity index (χ2n) is 3.51. The molecular formula is C10H17N3O2. The van der Waals surface area contributed by atoms with Crippen LogP contribution < -0.4 is 10.6 Å². The number of carbonyl (C=O) groups is 1. The maximum atomic E-state index is 11.7. The van der Waals surface area contributed by atoms with Crippen LogP contribution in [0.2, 0.25) is 0 Å². The van der Waals surface area contributed by atoms with Crippen molar-refractivity contribution in [2.75, 3.05) is 26.3 Å². The number of nitrogens with zero attached hydrogens (tertiary/aromatic N) is 1. The summed E-state index contributed by atoms with van der Waals surface area (Å²) in [6, 6.07) is 2.10. The highest BCUT2D eigenvalue weighted by atomic mass is 16.5. The third-order valence-corrected chi connectivity index (χ3v) is 2.42. The number of likely N-dealkylation sites (N-methyl/N-ethyl adjacent to an activating group) is 1. The number of hydrogen-bond acceptors (Lipinski definition) is 4. The third kappa shape index (κ3) is 3.50. The third-order valence-electron chi connectivity index (χ3n) is 2.42. The topological polar surface area (TPSA) is 74.2 Å². The minimum atomic E-state index is -0.122. The Hall–Kier alpha value is -1.12. The number of ether oxygens (including phenoxy) is 1. The molecule has 0 radical (unpaired) electrons. The van der Waals surface area contributed by atoms with Crippen LogP contribution in [0, 0.1) is 17.2 Å². The molecule has 0 bridgehead atoms. The van der Waals surface area contributed by atoms with E-state index in [2.05, 4.69) is 10.6 Å². The molecule has 2 atom stereocenters. The Bertz CT molecular complexity index is 250. The molecule has 0 aliphatic carbocycles. The summed E-state index contributed by atoms with van der Waals surface area (Å²) in [5.74, 6) is -0.141. The van der Waals surface area contributed by atoms with Crippen molar-refractivity contribution in [1.82, 2.24) is 10.6 Å². The van der Waals surface area contributed by atoms with Crippen LogP contribution in [0.1, 0.15) is 13.3 Å². The van der Waals surface area contributed by atoms with E-state index in [-0.39, 0.29) is 17.9 Å². The van der Waals surface area contributed by atoms with Crippen LogP contribution in [0.4, 0.5) is 0 Å². The van der Waals surface area contributed by atoms with E-state index in [0.717, 1.165) is 6.54 Å². The quantitative estimate of drug-likeness (QED) is 0.609. The normalized spacial score (nSPS) is 24.8. The molecule has 1 amide bonds. The predicted molar refractivity (Wildman–Crippen MR) is 55.0 cm³/mol. The van der Waals surface area contributed by atoms with E-state index in [4.69, 9.17) is 10.00 Å². The van der Waals surface area contributed by atoms with E-state index in [1.165, 1.54) is 0 Å². The molecule has 1 heterocycles. The maximum absolute atomic E-state index is 11.7. The highest BCUT2D eigenvalue weighted by molar-refractivity contribution is 5.79. The fraction of sp³-hybridized carbons (Fsp3) is 0.800. The molecule has 5 heteroatoms. The molecule has 5 nitrogen and oxygen atoms in total. The summed E-state index contributed by atoms with van der Waals surface area (Å²) in [5, 5.41) is 14.3. The summed E-state index contributed by atoms with van der Waals surface area (Å²) in [7, 11) is 0. The van der Waals surface area contributed by atoms with Crippen molar-refractivity contribution < 1.29 is 9.53 Å². The van der Waals surface area contributed by atoms with Gasteiger partial charge in [-0.25, -0.2) is 0 Å². The summed E-state index contributed by atoms with van der Waals surface area (Å²) in [6.45, 7) is 4.31. The molecule has 0 aromatic heterocycles. The first-order chi connectivity index (χ1) is 7.29. The van der Waals surface area contributed by atoms with Crippen LogP contribution in [0.15, 0.2) is 0 Å². The molecule has 84 valence electrons. The molecule has 2 unspecified atom stereocenters. The molecule has 1 saturated heterocycles. The van der Waals surface area contributed by atoms with Gasteiger partial charge in [-0.3, -0.25) is 4.79 Å². The van der Waals surface area contributed by atoms with Crippen molar-refractivity contribution >= 4 is 5.91 Å². The minimum Gasteiger partial charge on any atom is -0.379 e. The molecule has 0 saturated carbocycles. The first kappa shape index (κ1) is 12.0. The molecule has 0 spiro atoms. The Labute approximate surface area is 89.8 Å². The van der Waals surface area contributed by atoms with E-state index in [1.54, 1.807) is 0 Å². The van der Waals surface area contributed by atoms with Gasteiger partial charge in [0.05, 0.1) is 31.6 Å². The summed E-state index contributed by atoms with van der Waals surface area (Å²) in [6.07, 6.45) is 0.352. The molecule has 0 aromatic rings. The average molecular weight is 211 g/mol. The second-order valence-corrected chi connectivity index (χ2v) is 3.51. The zero-order valence-corrected chi connectivity index (χ0v) is 8.95. The van der Waals surface area contributed by atoms with E-state index in [1.807, 2.05) is 13.0 Å². The molecule has 15 heavy (non-hydrogen) atoms. The van der Waals surface area contributed by atoms with Crippen LogP contribution in [-0.4, -0.2) is 38.3 Å². The largest absolute Gasteiger partial charge is 0.379 e. The molecule has 1 fully saturated rings. The molecule has 1 aliphatic heterocycles. The van der Waals surface area contributed by atoms with Gasteiger partial charge in [-0.1, -0.05) is 6.92 Å². The van der Waals surface area contributed by atoms with E-state index in [0.29, 0.717) is 26.2 Å². The lowest BCUT2D eigenvalue weighted by molar-refractivity contribution is -0.125. The van der Waals surface area contributed by atoms with E-state index in [9.17, 15) is 4.79 Å². The van der Waals surface area contributed by atoms with Gasteiger partial charge in [0.25, 0.3) is 0 Å². The summed E-state index contributed by atoms with van der Waals surface area (Å²) < 4.78 is 5.26. The molecule has 0 aromatic carbocycles. The Morgan fingerprint density at radius 3 is 3.07 bits per heavy atom. The van der Waals surface area contributed by atoms with Crippen molar-refractivity contribution in [2.45, 2.75) is 19.4 Å². The van der Waals surface area contributed by atoms with Gasteiger partial charge in [-0.15, -0.1) is 0 Å². The zero-order valence-electron chi connectivity index (χ0n) is 8.95. The second kappa shape index (κ2) is 6.38. The lowest BCUT2D eigenvalue weighted by atomic mass is 10.0. The SMILES string of the molecule is CCNC1COCC1C(=O)NCCC#N. The van der Waals surface area contributed by atoms with Crippen molar-refractivity contribution in [1.29, 1.82) is 5.26 Å². The first-order valence-electron chi connectivity index (χ1n) is 5.25. The Kier molecular flexibility index (Phi) is 5.08. The van der Waals surface area contributed by atoms with Gasteiger partial charge in [0.1, 0.15) is 0 Å². The van der Waals surface area contributed by atoms with E-state index >= 15 is 0 Å². The number of amides is 1. The Balaban J connectivity index is 2.34. The van der Waals surface area contributed by atoms with Crippen molar-refractivity contribution in [3.8, 4) is 6.07 Å². The van der Waals surface area contributed by atoms with Crippen LogP contribution in [0.25, 0.3) is 0 Å². The average Bonchev–Trinajstić information content (AvgIpc) is 2.67. The van der Waals surface area contributed by atoms with Gasteiger partial charge in [-0.2, -0.15) is 5.26 Å². The van der Waals surface area contributed by atoms with Gasteiger partial charge in [0.15, 0.2) is 0 Å². The summed E-state index contributed by atoms with van der Waals surface area (Å²) >= 11 is 0. The fourth-order valence-electron chi connectivity index (χ4n) is 1.65. The number of nitrogens with one attached hydrogen (secondary N) is 2. The molecular weight excluding hydrogens is 194 g/mol. The van der Waals surface area contributed by atoms with Crippen LogP contribution in [0.3, 0.4) is 0 Å². The van der Waals surface area contributed by atoms with Gasteiger partial charge in [0.2, 0.25) is 5.91 Å². The molecule has 2 N–H and O–H groups in total. The van der Waals surface area contributed by atoms with Crippen molar-refractivity contribution in [2.24, 2.45) is 5.92 Å². The first-order valence-corrected chi connectivity index (χ1v) is 5.25.